The normalized spacial score (nSPS) is 20.0. The molecule has 4 rings (SSSR count). The number of rotatable bonds is 4. The molecule has 138 valence electrons. The van der Waals surface area contributed by atoms with Gasteiger partial charge in [0.15, 0.2) is 0 Å². The van der Waals surface area contributed by atoms with Crippen LogP contribution in [0, 0.1) is 0 Å². The molecule has 1 saturated carbocycles. The Balaban J connectivity index is 1.62. The molecule has 2 aliphatic carbocycles. The number of anilines is 1. The molecule has 1 aromatic heterocycles. The molecule has 0 bridgehead atoms. The van der Waals surface area contributed by atoms with E-state index < -0.39 is 0 Å². The van der Waals surface area contributed by atoms with E-state index in [0.29, 0.717) is 6.42 Å². The van der Waals surface area contributed by atoms with Crippen molar-refractivity contribution >= 4 is 5.69 Å². The van der Waals surface area contributed by atoms with Crippen molar-refractivity contribution in [3.8, 4) is 5.75 Å². The van der Waals surface area contributed by atoms with Gasteiger partial charge in [-0.1, -0.05) is 19.3 Å². The van der Waals surface area contributed by atoms with Crippen LogP contribution < -0.4 is 21.3 Å². The molecule has 0 radical (unpaired) electrons. The van der Waals surface area contributed by atoms with E-state index in [-0.39, 0.29) is 23.3 Å². The first kappa shape index (κ1) is 16.9. The maximum Gasteiger partial charge on any atom is 0.328 e. The Morgan fingerprint density at radius 2 is 1.81 bits per heavy atom. The molecule has 6 nitrogen and oxygen atoms in total. The number of aromatic nitrogens is 2. The lowest BCUT2D eigenvalue weighted by Gasteiger charge is -2.24. The summed E-state index contributed by atoms with van der Waals surface area (Å²) < 4.78 is 6.66. The fourth-order valence-electron chi connectivity index (χ4n) is 4.28. The van der Waals surface area contributed by atoms with Crippen LogP contribution in [0.1, 0.15) is 61.9 Å². The largest absolute Gasteiger partial charge is 0.497 e. The topological polar surface area (TPSA) is 76.1 Å². The first-order chi connectivity index (χ1) is 12.7. The number of aromatic amines is 1. The average molecular weight is 355 g/mol. The monoisotopic (exact) mass is 355 g/mol. The van der Waals surface area contributed by atoms with E-state index >= 15 is 0 Å². The quantitative estimate of drug-likeness (QED) is 0.883. The zero-order valence-corrected chi connectivity index (χ0v) is 15.1. The van der Waals surface area contributed by atoms with Crippen LogP contribution in [0.4, 0.5) is 5.69 Å². The number of nitrogens with one attached hydrogen (secondary N) is 2. The van der Waals surface area contributed by atoms with Gasteiger partial charge in [-0.3, -0.25) is 9.36 Å². The molecule has 0 aliphatic heterocycles. The zero-order valence-electron chi connectivity index (χ0n) is 15.1. The molecule has 1 atom stereocenters. The lowest BCUT2D eigenvalue weighted by molar-refractivity contribution is 0.335. The Labute approximate surface area is 152 Å². The molecule has 1 aromatic carbocycles. The van der Waals surface area contributed by atoms with Gasteiger partial charge in [-0.2, -0.15) is 0 Å². The number of benzene rings is 1. The Morgan fingerprint density at radius 1 is 1.08 bits per heavy atom. The minimum atomic E-state index is -0.260. The summed E-state index contributed by atoms with van der Waals surface area (Å²) in [7, 11) is 1.64. The zero-order chi connectivity index (χ0) is 18.1. The van der Waals surface area contributed by atoms with Crippen molar-refractivity contribution in [3.05, 3.63) is 56.4 Å². The summed E-state index contributed by atoms with van der Waals surface area (Å²) in [5.41, 5.74) is 2.11. The van der Waals surface area contributed by atoms with Gasteiger partial charge >= 0.3 is 5.69 Å². The number of ether oxygens (including phenoxy) is 1. The van der Waals surface area contributed by atoms with E-state index in [1.807, 2.05) is 24.3 Å². The Hall–Kier alpha value is -2.50. The van der Waals surface area contributed by atoms with E-state index in [9.17, 15) is 9.59 Å². The van der Waals surface area contributed by atoms with E-state index in [2.05, 4.69) is 10.3 Å². The van der Waals surface area contributed by atoms with Crippen molar-refractivity contribution in [2.45, 2.75) is 57.0 Å². The average Bonchev–Trinajstić information content (AvgIpc) is 3.06. The second-order valence-electron chi connectivity index (χ2n) is 7.25. The van der Waals surface area contributed by atoms with Crippen LogP contribution >= 0.6 is 0 Å². The van der Waals surface area contributed by atoms with Crippen LogP contribution in [0.3, 0.4) is 0 Å². The number of nitrogens with zero attached hydrogens (tertiary/aromatic N) is 1. The summed E-state index contributed by atoms with van der Waals surface area (Å²) in [5, 5.41) is 3.43. The van der Waals surface area contributed by atoms with Gasteiger partial charge in [0.1, 0.15) is 5.75 Å². The SMILES string of the molecule is COc1ccc(NC2CCc3c2[nH]c(=O)n(C2CCCCC2)c3=O)cc1. The molecular weight excluding hydrogens is 330 g/mol. The third-order valence-electron chi connectivity index (χ3n) is 5.66. The minimum Gasteiger partial charge on any atom is -0.497 e. The lowest BCUT2D eigenvalue weighted by atomic mass is 9.95. The molecule has 2 aliphatic rings. The number of methoxy groups -OCH3 is 1. The standard InChI is InChI=1S/C20H25N3O3/c1-26-15-9-7-13(8-10-15)21-17-12-11-16-18(17)22-20(25)23(19(16)24)14-5-3-2-4-6-14/h7-10,14,17,21H,2-6,11-12H2,1H3,(H,22,25). The molecule has 1 fully saturated rings. The second-order valence-corrected chi connectivity index (χ2v) is 7.25. The summed E-state index contributed by atoms with van der Waals surface area (Å²) in [5.74, 6) is 0.797. The van der Waals surface area contributed by atoms with E-state index in [4.69, 9.17) is 4.74 Å². The highest BCUT2D eigenvalue weighted by atomic mass is 16.5. The van der Waals surface area contributed by atoms with Crippen LogP contribution in [0.15, 0.2) is 33.9 Å². The van der Waals surface area contributed by atoms with Gasteiger partial charge in [-0.25, -0.2) is 4.79 Å². The van der Waals surface area contributed by atoms with Gasteiger partial charge in [0.25, 0.3) is 5.56 Å². The fourth-order valence-corrected chi connectivity index (χ4v) is 4.28. The van der Waals surface area contributed by atoms with Crippen LogP contribution in [0.25, 0.3) is 0 Å². The van der Waals surface area contributed by atoms with Gasteiger partial charge in [-0.15, -0.1) is 0 Å². The second kappa shape index (κ2) is 7.02. The van der Waals surface area contributed by atoms with E-state index in [1.54, 1.807) is 7.11 Å². The number of fused-ring (bicyclic) bond motifs is 1. The van der Waals surface area contributed by atoms with Gasteiger partial charge in [-0.05, 0) is 49.9 Å². The summed E-state index contributed by atoms with van der Waals surface area (Å²) >= 11 is 0. The minimum absolute atomic E-state index is 0.0419. The number of hydrogen-bond acceptors (Lipinski definition) is 4. The molecule has 0 saturated heterocycles. The van der Waals surface area contributed by atoms with Crippen LogP contribution in [-0.2, 0) is 6.42 Å². The van der Waals surface area contributed by atoms with Crippen LogP contribution in [0.2, 0.25) is 0 Å². The van der Waals surface area contributed by atoms with E-state index in [0.717, 1.165) is 54.8 Å². The maximum absolute atomic E-state index is 13.0. The highest BCUT2D eigenvalue weighted by molar-refractivity contribution is 5.49. The molecule has 26 heavy (non-hydrogen) atoms. The predicted molar refractivity (Wildman–Crippen MR) is 101 cm³/mol. The van der Waals surface area contributed by atoms with Gasteiger partial charge in [0.2, 0.25) is 0 Å². The summed E-state index contributed by atoms with van der Waals surface area (Å²) in [6.07, 6.45) is 6.74. The Bertz CT molecular complexity index is 892. The molecule has 0 amide bonds. The van der Waals surface area contributed by atoms with Gasteiger partial charge in [0, 0.05) is 17.3 Å². The molecule has 6 heteroatoms. The first-order valence-electron chi connectivity index (χ1n) is 9.45. The highest BCUT2D eigenvalue weighted by Crippen LogP contribution is 2.31. The molecule has 0 spiro atoms. The van der Waals surface area contributed by atoms with Crippen molar-refractivity contribution in [2.24, 2.45) is 0 Å². The van der Waals surface area contributed by atoms with Crippen molar-refractivity contribution < 1.29 is 4.74 Å². The Morgan fingerprint density at radius 3 is 2.50 bits per heavy atom. The molecular formula is C20H25N3O3. The van der Waals surface area contributed by atoms with Crippen molar-refractivity contribution in [3.63, 3.8) is 0 Å². The molecule has 1 unspecified atom stereocenters. The molecule has 1 heterocycles. The highest BCUT2D eigenvalue weighted by Gasteiger charge is 2.29. The van der Waals surface area contributed by atoms with Gasteiger partial charge < -0.3 is 15.0 Å². The summed E-state index contributed by atoms with van der Waals surface area (Å²) in [6, 6.07) is 7.68. The van der Waals surface area contributed by atoms with Gasteiger partial charge in [0.05, 0.1) is 18.8 Å². The maximum atomic E-state index is 13.0. The first-order valence-corrected chi connectivity index (χ1v) is 9.45. The molecule has 2 aromatic rings. The summed E-state index contributed by atoms with van der Waals surface area (Å²) in [4.78, 5) is 28.6. The summed E-state index contributed by atoms with van der Waals surface area (Å²) in [6.45, 7) is 0. The lowest BCUT2D eigenvalue weighted by Crippen LogP contribution is -2.41. The third kappa shape index (κ3) is 3.04. The van der Waals surface area contributed by atoms with Crippen LogP contribution in [0.5, 0.6) is 5.75 Å². The van der Waals surface area contributed by atoms with E-state index in [1.165, 1.54) is 11.0 Å². The number of H-pyrrole nitrogens is 1. The number of hydrogen-bond donors (Lipinski definition) is 2. The Kier molecular flexibility index (Phi) is 4.57. The predicted octanol–water partition coefficient (Wildman–Crippen LogP) is 3.15. The fraction of sp³-hybridized carbons (Fsp3) is 0.500. The van der Waals surface area contributed by atoms with Crippen molar-refractivity contribution in [1.82, 2.24) is 9.55 Å². The third-order valence-corrected chi connectivity index (χ3v) is 5.66. The van der Waals surface area contributed by atoms with Crippen molar-refractivity contribution in [2.75, 3.05) is 12.4 Å². The van der Waals surface area contributed by atoms with Crippen molar-refractivity contribution in [1.29, 1.82) is 0 Å². The van der Waals surface area contributed by atoms with Crippen LogP contribution in [-0.4, -0.2) is 16.7 Å². The molecule has 2 N–H and O–H groups in total. The smallest absolute Gasteiger partial charge is 0.328 e.